The second-order valence-corrected chi connectivity index (χ2v) is 9.39. The summed E-state index contributed by atoms with van der Waals surface area (Å²) in [5.74, 6) is 1.31. The SMILES string of the molecule is CN(C)C(C(c1ccc(Cl)cc1)C1CCC1)C1(c2ccccc2)CCNCC1. The number of halogens is 1. The smallest absolute Gasteiger partial charge is 0.0406 e. The molecule has 2 aromatic rings. The summed E-state index contributed by atoms with van der Waals surface area (Å²) in [6, 6.07) is 20.5. The van der Waals surface area contributed by atoms with E-state index in [9.17, 15) is 0 Å². The Balaban J connectivity index is 1.82. The van der Waals surface area contributed by atoms with Crippen LogP contribution < -0.4 is 5.32 Å². The highest BCUT2D eigenvalue weighted by molar-refractivity contribution is 6.30. The third-order valence-electron chi connectivity index (χ3n) is 7.22. The first kappa shape index (κ1) is 19.9. The lowest BCUT2D eigenvalue weighted by Crippen LogP contribution is -2.57. The highest BCUT2D eigenvalue weighted by Crippen LogP contribution is 2.50. The lowest BCUT2D eigenvalue weighted by Gasteiger charge is -2.53. The molecular weight excluding hydrogens is 364 g/mol. The molecule has 28 heavy (non-hydrogen) atoms. The van der Waals surface area contributed by atoms with E-state index >= 15 is 0 Å². The average Bonchev–Trinajstić information content (AvgIpc) is 2.68. The van der Waals surface area contributed by atoms with Crippen LogP contribution in [-0.4, -0.2) is 38.1 Å². The zero-order chi connectivity index (χ0) is 19.6. The molecule has 2 aromatic carbocycles. The summed E-state index contributed by atoms with van der Waals surface area (Å²) >= 11 is 6.24. The largest absolute Gasteiger partial charge is 0.317 e. The molecule has 0 radical (unpaired) electrons. The number of likely N-dealkylation sites (N-methyl/N-ethyl adjacent to an activating group) is 1. The fraction of sp³-hybridized carbons (Fsp3) is 0.520. The molecule has 2 aliphatic rings. The summed E-state index contributed by atoms with van der Waals surface area (Å²) in [7, 11) is 4.58. The molecule has 2 fully saturated rings. The first-order valence-electron chi connectivity index (χ1n) is 10.8. The predicted octanol–water partition coefficient (Wildman–Crippen LogP) is 5.48. The number of hydrogen-bond acceptors (Lipinski definition) is 2. The van der Waals surface area contributed by atoms with Crippen LogP contribution in [0.4, 0.5) is 0 Å². The molecule has 3 heteroatoms. The molecule has 1 aliphatic carbocycles. The minimum absolute atomic E-state index is 0.176. The molecule has 0 spiro atoms. The van der Waals surface area contributed by atoms with Crippen LogP contribution in [0.2, 0.25) is 5.02 Å². The Bertz CT molecular complexity index is 746. The van der Waals surface area contributed by atoms with Gasteiger partial charge >= 0.3 is 0 Å². The van der Waals surface area contributed by atoms with Crippen LogP contribution in [0.3, 0.4) is 0 Å². The van der Waals surface area contributed by atoms with E-state index in [4.69, 9.17) is 11.6 Å². The average molecular weight is 397 g/mol. The van der Waals surface area contributed by atoms with E-state index < -0.39 is 0 Å². The topological polar surface area (TPSA) is 15.3 Å². The zero-order valence-electron chi connectivity index (χ0n) is 17.2. The molecule has 1 saturated heterocycles. The number of piperidine rings is 1. The van der Waals surface area contributed by atoms with Crippen LogP contribution >= 0.6 is 11.6 Å². The molecule has 1 aliphatic heterocycles. The first-order chi connectivity index (χ1) is 13.6. The number of benzene rings is 2. The monoisotopic (exact) mass is 396 g/mol. The lowest BCUT2D eigenvalue weighted by molar-refractivity contribution is 0.0703. The summed E-state index contributed by atoms with van der Waals surface area (Å²) in [5, 5.41) is 4.44. The predicted molar refractivity (Wildman–Crippen MR) is 119 cm³/mol. The van der Waals surface area contributed by atoms with Gasteiger partial charge in [-0.05, 0) is 82.0 Å². The summed E-state index contributed by atoms with van der Waals surface area (Å²) in [5.41, 5.74) is 3.14. The lowest BCUT2D eigenvalue weighted by atomic mass is 9.58. The quantitative estimate of drug-likeness (QED) is 0.695. The van der Waals surface area contributed by atoms with Crippen LogP contribution in [0.15, 0.2) is 54.6 Å². The second-order valence-electron chi connectivity index (χ2n) is 8.95. The van der Waals surface area contributed by atoms with E-state index in [1.165, 1.54) is 43.2 Å². The molecule has 2 atom stereocenters. The van der Waals surface area contributed by atoms with Crippen molar-refractivity contribution in [1.82, 2.24) is 10.2 Å². The fourth-order valence-corrected chi connectivity index (χ4v) is 5.88. The molecule has 1 saturated carbocycles. The highest BCUT2D eigenvalue weighted by atomic mass is 35.5. The minimum atomic E-state index is 0.176. The van der Waals surface area contributed by atoms with E-state index in [1.807, 2.05) is 0 Å². The van der Waals surface area contributed by atoms with Crippen LogP contribution in [0.1, 0.15) is 49.1 Å². The van der Waals surface area contributed by atoms with E-state index in [2.05, 4.69) is 78.9 Å². The van der Waals surface area contributed by atoms with Gasteiger partial charge in [0.1, 0.15) is 0 Å². The maximum atomic E-state index is 6.24. The van der Waals surface area contributed by atoms with Gasteiger partial charge < -0.3 is 10.2 Å². The minimum Gasteiger partial charge on any atom is -0.317 e. The zero-order valence-corrected chi connectivity index (χ0v) is 18.0. The number of hydrogen-bond donors (Lipinski definition) is 1. The Morgan fingerprint density at radius 2 is 1.61 bits per heavy atom. The molecular formula is C25H33ClN2. The van der Waals surface area contributed by atoms with Crippen molar-refractivity contribution in [3.8, 4) is 0 Å². The van der Waals surface area contributed by atoms with Crippen molar-refractivity contribution in [1.29, 1.82) is 0 Å². The number of nitrogens with zero attached hydrogens (tertiary/aromatic N) is 1. The molecule has 2 nitrogen and oxygen atoms in total. The van der Waals surface area contributed by atoms with Crippen LogP contribution in [0, 0.1) is 5.92 Å². The standard InChI is InChI=1S/C25H33ClN2/c1-28(2)24(23(19-7-6-8-19)20-11-13-22(26)14-12-20)25(15-17-27-18-16-25)21-9-4-3-5-10-21/h3-5,9-14,19,23-24,27H,6-8,15-18H2,1-2H3. The van der Waals surface area contributed by atoms with Crippen molar-refractivity contribution < 1.29 is 0 Å². The Morgan fingerprint density at radius 3 is 2.14 bits per heavy atom. The Morgan fingerprint density at radius 1 is 0.964 bits per heavy atom. The fourth-order valence-electron chi connectivity index (χ4n) is 5.75. The highest BCUT2D eigenvalue weighted by Gasteiger charge is 2.49. The maximum Gasteiger partial charge on any atom is 0.0406 e. The molecule has 4 rings (SSSR count). The van der Waals surface area contributed by atoms with Gasteiger partial charge in [-0.25, -0.2) is 0 Å². The van der Waals surface area contributed by atoms with Gasteiger partial charge in [-0.2, -0.15) is 0 Å². The van der Waals surface area contributed by atoms with Crippen LogP contribution in [0.5, 0.6) is 0 Å². The van der Waals surface area contributed by atoms with Gasteiger partial charge in [-0.3, -0.25) is 0 Å². The van der Waals surface area contributed by atoms with E-state index in [-0.39, 0.29) is 5.41 Å². The van der Waals surface area contributed by atoms with Gasteiger partial charge in [0.15, 0.2) is 0 Å². The van der Waals surface area contributed by atoms with Gasteiger partial charge in [0.25, 0.3) is 0 Å². The van der Waals surface area contributed by atoms with Crippen molar-refractivity contribution in [3.63, 3.8) is 0 Å². The van der Waals surface area contributed by atoms with Crippen molar-refractivity contribution in [2.45, 2.75) is 49.5 Å². The Hall–Kier alpha value is -1.35. The Labute approximate surface area is 175 Å². The van der Waals surface area contributed by atoms with Gasteiger partial charge in [0.05, 0.1) is 0 Å². The summed E-state index contributed by atoms with van der Waals surface area (Å²) in [6.45, 7) is 2.19. The molecule has 150 valence electrons. The summed E-state index contributed by atoms with van der Waals surface area (Å²) in [6.07, 6.45) is 6.45. The van der Waals surface area contributed by atoms with Gasteiger partial charge in [0.2, 0.25) is 0 Å². The van der Waals surface area contributed by atoms with Gasteiger partial charge in [0, 0.05) is 22.4 Å². The van der Waals surface area contributed by atoms with Gasteiger partial charge in [-0.15, -0.1) is 0 Å². The number of rotatable bonds is 6. The van der Waals surface area contributed by atoms with E-state index in [0.717, 1.165) is 24.0 Å². The molecule has 0 amide bonds. The van der Waals surface area contributed by atoms with E-state index in [0.29, 0.717) is 12.0 Å². The van der Waals surface area contributed by atoms with Crippen molar-refractivity contribution in [2.24, 2.45) is 5.92 Å². The summed E-state index contributed by atoms with van der Waals surface area (Å²) in [4.78, 5) is 2.52. The molecule has 0 bridgehead atoms. The second kappa shape index (κ2) is 8.57. The molecule has 0 aromatic heterocycles. The Kier molecular flexibility index (Phi) is 6.10. The maximum absolute atomic E-state index is 6.24. The van der Waals surface area contributed by atoms with Crippen molar-refractivity contribution in [2.75, 3.05) is 27.2 Å². The van der Waals surface area contributed by atoms with Gasteiger partial charge in [-0.1, -0.05) is 60.5 Å². The number of nitrogens with one attached hydrogen (secondary N) is 1. The summed E-state index contributed by atoms with van der Waals surface area (Å²) < 4.78 is 0. The first-order valence-corrected chi connectivity index (χ1v) is 11.2. The molecule has 2 unspecified atom stereocenters. The van der Waals surface area contributed by atoms with Crippen LogP contribution in [-0.2, 0) is 5.41 Å². The third kappa shape index (κ3) is 3.75. The van der Waals surface area contributed by atoms with Crippen molar-refractivity contribution >= 4 is 11.6 Å². The molecule has 1 heterocycles. The molecule has 1 N–H and O–H groups in total. The third-order valence-corrected chi connectivity index (χ3v) is 7.47. The van der Waals surface area contributed by atoms with E-state index in [1.54, 1.807) is 0 Å². The van der Waals surface area contributed by atoms with Crippen LogP contribution in [0.25, 0.3) is 0 Å². The normalized spacial score (nSPS) is 21.9. The van der Waals surface area contributed by atoms with Crippen molar-refractivity contribution in [3.05, 3.63) is 70.7 Å².